The van der Waals surface area contributed by atoms with Crippen molar-refractivity contribution in [3.63, 3.8) is 0 Å². The molecule has 0 unspecified atom stereocenters. The first kappa shape index (κ1) is 11.4. The molecule has 0 fully saturated rings. The number of hydrogen-bond donors (Lipinski definition) is 1. The summed E-state index contributed by atoms with van der Waals surface area (Å²) in [6.45, 7) is 2.25. The molecule has 1 N–H and O–H groups in total. The first-order valence-electron chi connectivity index (χ1n) is 5.97. The molecule has 2 heterocycles. The van der Waals surface area contributed by atoms with Gasteiger partial charge >= 0.3 is 0 Å². The Kier molecular flexibility index (Phi) is 4.17. The van der Waals surface area contributed by atoms with Gasteiger partial charge in [-0.1, -0.05) is 26.2 Å². The summed E-state index contributed by atoms with van der Waals surface area (Å²) >= 11 is 1.81. The fraction of sp³-hybridized carbons (Fsp3) is 0.462. The van der Waals surface area contributed by atoms with Crippen LogP contribution < -0.4 is 0 Å². The number of aromatic amines is 1. The number of H-pyrrole nitrogens is 1. The van der Waals surface area contributed by atoms with Crippen LogP contribution in [0.25, 0.3) is 10.4 Å². The highest BCUT2D eigenvalue weighted by molar-refractivity contribution is 7.13. The van der Waals surface area contributed by atoms with Gasteiger partial charge in [0.25, 0.3) is 0 Å². The molecule has 86 valence electrons. The standard InChI is InChI=1S/C13H18N2S/c1-2-3-4-5-6-11-7-8-16-13(11)12-9-14-15-10-12/h7-10H,2-6H2,1H3,(H,14,15). The van der Waals surface area contributed by atoms with E-state index in [4.69, 9.17) is 0 Å². The van der Waals surface area contributed by atoms with Crippen molar-refractivity contribution in [2.75, 3.05) is 0 Å². The topological polar surface area (TPSA) is 28.7 Å². The van der Waals surface area contributed by atoms with Gasteiger partial charge in [0.15, 0.2) is 0 Å². The molecule has 2 nitrogen and oxygen atoms in total. The van der Waals surface area contributed by atoms with Crippen LogP contribution in [0.1, 0.15) is 38.2 Å². The summed E-state index contributed by atoms with van der Waals surface area (Å²) in [5.74, 6) is 0. The first-order valence-corrected chi connectivity index (χ1v) is 6.85. The lowest BCUT2D eigenvalue weighted by molar-refractivity contribution is 0.668. The van der Waals surface area contributed by atoms with Crippen LogP contribution in [-0.2, 0) is 6.42 Å². The minimum atomic E-state index is 1.20. The molecule has 0 amide bonds. The second kappa shape index (κ2) is 5.85. The third-order valence-corrected chi connectivity index (χ3v) is 3.81. The highest BCUT2D eigenvalue weighted by Crippen LogP contribution is 2.29. The molecule has 2 aromatic rings. The first-order chi connectivity index (χ1) is 7.92. The zero-order valence-corrected chi connectivity index (χ0v) is 10.5. The number of aromatic nitrogens is 2. The third kappa shape index (κ3) is 2.73. The second-order valence-corrected chi connectivity index (χ2v) is 4.99. The van der Waals surface area contributed by atoms with E-state index < -0.39 is 0 Å². The van der Waals surface area contributed by atoms with Crippen LogP contribution >= 0.6 is 11.3 Å². The Bertz CT molecular complexity index is 403. The van der Waals surface area contributed by atoms with E-state index in [1.165, 1.54) is 48.1 Å². The van der Waals surface area contributed by atoms with E-state index in [1.807, 2.05) is 23.7 Å². The Labute approximate surface area is 101 Å². The van der Waals surface area contributed by atoms with E-state index in [9.17, 15) is 0 Å². The number of unbranched alkanes of at least 4 members (excludes halogenated alkanes) is 3. The van der Waals surface area contributed by atoms with Crippen LogP contribution in [0.2, 0.25) is 0 Å². The summed E-state index contributed by atoms with van der Waals surface area (Å²) in [7, 11) is 0. The minimum absolute atomic E-state index is 1.20. The molecule has 0 aliphatic heterocycles. The molecule has 0 saturated carbocycles. The summed E-state index contributed by atoms with van der Waals surface area (Å²) in [5, 5.41) is 9.07. The molecule has 0 radical (unpaired) electrons. The fourth-order valence-electron chi connectivity index (χ4n) is 1.90. The Morgan fingerprint density at radius 1 is 1.31 bits per heavy atom. The van der Waals surface area contributed by atoms with Crippen LogP contribution in [0.15, 0.2) is 23.8 Å². The molecule has 0 aliphatic carbocycles. The molecule has 0 spiro atoms. The van der Waals surface area contributed by atoms with Gasteiger partial charge in [-0.3, -0.25) is 5.10 Å². The zero-order chi connectivity index (χ0) is 11.2. The fourth-order valence-corrected chi connectivity index (χ4v) is 2.84. The van der Waals surface area contributed by atoms with Crippen molar-refractivity contribution in [3.05, 3.63) is 29.4 Å². The Morgan fingerprint density at radius 2 is 2.25 bits per heavy atom. The quantitative estimate of drug-likeness (QED) is 0.743. The summed E-state index contributed by atoms with van der Waals surface area (Å²) in [4.78, 5) is 1.38. The lowest BCUT2D eigenvalue weighted by atomic mass is 10.1. The predicted octanol–water partition coefficient (Wildman–Crippen LogP) is 4.26. The maximum Gasteiger partial charge on any atom is 0.0574 e. The van der Waals surface area contributed by atoms with Gasteiger partial charge in [0.05, 0.1) is 6.20 Å². The van der Waals surface area contributed by atoms with Crippen LogP contribution in [-0.4, -0.2) is 10.2 Å². The van der Waals surface area contributed by atoms with Gasteiger partial charge in [-0.2, -0.15) is 5.10 Å². The Balaban J connectivity index is 1.97. The van der Waals surface area contributed by atoms with Gasteiger partial charge in [-0.25, -0.2) is 0 Å². The van der Waals surface area contributed by atoms with Crippen LogP contribution in [0, 0.1) is 0 Å². The predicted molar refractivity (Wildman–Crippen MR) is 69.7 cm³/mol. The van der Waals surface area contributed by atoms with Crippen LogP contribution in [0.4, 0.5) is 0 Å². The third-order valence-electron chi connectivity index (χ3n) is 2.81. The van der Waals surface area contributed by atoms with Gasteiger partial charge in [0, 0.05) is 16.6 Å². The van der Waals surface area contributed by atoms with E-state index in [2.05, 4.69) is 28.6 Å². The molecule has 3 heteroatoms. The molecule has 0 atom stereocenters. The van der Waals surface area contributed by atoms with E-state index >= 15 is 0 Å². The van der Waals surface area contributed by atoms with E-state index in [0.717, 1.165) is 0 Å². The van der Waals surface area contributed by atoms with E-state index in [-0.39, 0.29) is 0 Å². The molecule has 0 saturated heterocycles. The van der Waals surface area contributed by atoms with Gasteiger partial charge in [0.2, 0.25) is 0 Å². The number of nitrogens with zero attached hydrogens (tertiary/aromatic N) is 1. The zero-order valence-electron chi connectivity index (χ0n) is 9.70. The van der Waals surface area contributed by atoms with Crippen molar-refractivity contribution in [3.8, 4) is 10.4 Å². The van der Waals surface area contributed by atoms with Crippen molar-refractivity contribution in [2.45, 2.75) is 39.0 Å². The molecular formula is C13H18N2S. The highest BCUT2D eigenvalue weighted by atomic mass is 32.1. The molecule has 0 bridgehead atoms. The molecular weight excluding hydrogens is 216 g/mol. The lowest BCUT2D eigenvalue weighted by Crippen LogP contribution is -1.85. The average Bonchev–Trinajstić information content (AvgIpc) is 2.94. The molecule has 16 heavy (non-hydrogen) atoms. The van der Waals surface area contributed by atoms with Crippen molar-refractivity contribution >= 4 is 11.3 Å². The number of hydrogen-bond acceptors (Lipinski definition) is 2. The van der Waals surface area contributed by atoms with Gasteiger partial charge < -0.3 is 0 Å². The summed E-state index contributed by atoms with van der Waals surface area (Å²) in [6.07, 6.45) is 10.4. The van der Waals surface area contributed by atoms with Crippen molar-refractivity contribution in [1.82, 2.24) is 10.2 Å². The average molecular weight is 234 g/mol. The number of thiophene rings is 1. The second-order valence-electron chi connectivity index (χ2n) is 4.07. The number of nitrogens with one attached hydrogen (secondary N) is 1. The van der Waals surface area contributed by atoms with Crippen molar-refractivity contribution in [1.29, 1.82) is 0 Å². The summed E-state index contributed by atoms with van der Waals surface area (Å²) in [6, 6.07) is 2.25. The smallest absolute Gasteiger partial charge is 0.0574 e. The minimum Gasteiger partial charge on any atom is -0.285 e. The highest BCUT2D eigenvalue weighted by Gasteiger charge is 2.07. The van der Waals surface area contributed by atoms with Crippen LogP contribution in [0.3, 0.4) is 0 Å². The van der Waals surface area contributed by atoms with Crippen LogP contribution in [0.5, 0.6) is 0 Å². The maximum absolute atomic E-state index is 4.01. The monoisotopic (exact) mass is 234 g/mol. The van der Waals surface area contributed by atoms with Gasteiger partial charge in [-0.05, 0) is 29.9 Å². The van der Waals surface area contributed by atoms with Crippen molar-refractivity contribution < 1.29 is 0 Å². The van der Waals surface area contributed by atoms with Gasteiger partial charge in [-0.15, -0.1) is 11.3 Å². The molecule has 0 aliphatic rings. The summed E-state index contributed by atoms with van der Waals surface area (Å²) < 4.78 is 0. The van der Waals surface area contributed by atoms with Gasteiger partial charge in [0.1, 0.15) is 0 Å². The van der Waals surface area contributed by atoms with E-state index in [0.29, 0.717) is 0 Å². The van der Waals surface area contributed by atoms with Crippen molar-refractivity contribution in [2.24, 2.45) is 0 Å². The largest absolute Gasteiger partial charge is 0.285 e. The van der Waals surface area contributed by atoms with E-state index in [1.54, 1.807) is 0 Å². The Morgan fingerprint density at radius 3 is 3.00 bits per heavy atom. The lowest BCUT2D eigenvalue weighted by Gasteiger charge is -2.01. The Hall–Kier alpha value is -1.09. The summed E-state index contributed by atoms with van der Waals surface area (Å²) in [5.41, 5.74) is 2.70. The maximum atomic E-state index is 4.01. The number of aryl methyl sites for hydroxylation is 1. The molecule has 2 rings (SSSR count). The SMILES string of the molecule is CCCCCCc1ccsc1-c1cn[nH]c1. The molecule has 2 aromatic heterocycles. The number of rotatable bonds is 6. The molecule has 0 aromatic carbocycles. The normalized spacial score (nSPS) is 10.8.